The van der Waals surface area contributed by atoms with Crippen molar-refractivity contribution in [2.45, 2.75) is 44.6 Å². The van der Waals surface area contributed by atoms with Crippen molar-refractivity contribution >= 4 is 11.8 Å². The Hall–Kier alpha value is -3.14. The number of rotatable bonds is 8. The van der Waals surface area contributed by atoms with E-state index in [9.17, 15) is 22.8 Å². The second-order valence-corrected chi connectivity index (χ2v) is 9.73. The molecule has 0 bridgehead atoms. The molecule has 0 spiro atoms. The number of halogens is 3. The summed E-state index contributed by atoms with van der Waals surface area (Å²) in [4.78, 5) is 31.8. The minimum atomic E-state index is -2.68. The number of hydrogen-bond donors (Lipinski definition) is 1. The minimum Gasteiger partial charge on any atom is -0.492 e. The van der Waals surface area contributed by atoms with Crippen LogP contribution in [0, 0.1) is 11.7 Å². The van der Waals surface area contributed by atoms with Crippen molar-refractivity contribution in [3.8, 4) is 17.0 Å². The summed E-state index contributed by atoms with van der Waals surface area (Å²) in [5, 5.41) is 0. The Morgan fingerprint density at radius 2 is 1.89 bits per heavy atom. The quantitative estimate of drug-likeness (QED) is 0.592. The maximum atomic E-state index is 14.8. The Kier molecular flexibility index (Phi) is 7.82. The third kappa shape index (κ3) is 6.34. The minimum absolute atomic E-state index is 0.111. The number of primary amides is 1. The van der Waals surface area contributed by atoms with E-state index >= 15 is 0 Å². The van der Waals surface area contributed by atoms with Crippen LogP contribution in [0.2, 0.25) is 0 Å². The van der Waals surface area contributed by atoms with Crippen LogP contribution in [0.3, 0.4) is 0 Å². The van der Waals surface area contributed by atoms with Gasteiger partial charge in [-0.25, -0.2) is 13.2 Å². The van der Waals surface area contributed by atoms with E-state index in [-0.39, 0.29) is 18.0 Å². The fraction of sp³-hybridized carbons (Fsp3) is 0.500. The lowest BCUT2D eigenvalue weighted by molar-refractivity contribution is -0.121. The van der Waals surface area contributed by atoms with Crippen LogP contribution in [0.25, 0.3) is 11.3 Å². The summed E-state index contributed by atoms with van der Waals surface area (Å²) >= 11 is 0. The van der Waals surface area contributed by atoms with Crippen molar-refractivity contribution in [1.29, 1.82) is 0 Å². The Bertz CT molecular complexity index is 1080. The number of hydrogen-bond acceptors (Lipinski definition) is 5. The number of carbonyl (C=O) groups excluding carboxylic acids is 2. The van der Waals surface area contributed by atoms with Crippen LogP contribution in [-0.2, 0) is 4.79 Å². The number of pyridine rings is 1. The van der Waals surface area contributed by atoms with E-state index in [2.05, 4.69) is 4.98 Å². The molecular formula is C26H31F3N4O3. The van der Waals surface area contributed by atoms with Crippen LogP contribution in [0.4, 0.5) is 13.2 Å². The fourth-order valence-corrected chi connectivity index (χ4v) is 4.86. The molecule has 0 saturated carbocycles. The van der Waals surface area contributed by atoms with Gasteiger partial charge < -0.3 is 15.4 Å². The topological polar surface area (TPSA) is 88.8 Å². The third-order valence-corrected chi connectivity index (χ3v) is 6.77. The number of aromatic nitrogens is 1. The van der Waals surface area contributed by atoms with E-state index in [0.29, 0.717) is 56.1 Å². The predicted molar refractivity (Wildman–Crippen MR) is 128 cm³/mol. The van der Waals surface area contributed by atoms with Gasteiger partial charge in [0.15, 0.2) is 0 Å². The summed E-state index contributed by atoms with van der Waals surface area (Å²) in [6, 6.07) is 7.01. The number of ether oxygens (including phenoxy) is 1. The largest absolute Gasteiger partial charge is 0.492 e. The van der Waals surface area contributed by atoms with Gasteiger partial charge in [0, 0.05) is 19.0 Å². The van der Waals surface area contributed by atoms with Crippen molar-refractivity contribution in [1.82, 2.24) is 14.8 Å². The Morgan fingerprint density at radius 3 is 2.50 bits per heavy atom. The maximum absolute atomic E-state index is 14.8. The molecule has 2 saturated heterocycles. The van der Waals surface area contributed by atoms with E-state index in [1.54, 1.807) is 29.3 Å². The molecule has 4 rings (SSSR count). The average Bonchev–Trinajstić information content (AvgIpc) is 3.33. The molecule has 3 heterocycles. The van der Waals surface area contributed by atoms with Gasteiger partial charge >= 0.3 is 0 Å². The first-order valence-corrected chi connectivity index (χ1v) is 12.2. The molecule has 10 heteroatoms. The molecule has 1 aromatic heterocycles. The molecule has 194 valence electrons. The molecule has 2 fully saturated rings. The van der Waals surface area contributed by atoms with Crippen molar-refractivity contribution in [2.75, 3.05) is 32.8 Å². The van der Waals surface area contributed by atoms with Gasteiger partial charge in [-0.1, -0.05) is 6.07 Å². The monoisotopic (exact) mass is 504 g/mol. The molecule has 2 aliphatic heterocycles. The molecule has 2 amide bonds. The molecule has 1 atom stereocenters. The summed E-state index contributed by atoms with van der Waals surface area (Å²) in [6.07, 6.45) is 4.28. The van der Waals surface area contributed by atoms with Crippen molar-refractivity contribution in [3.05, 3.63) is 47.9 Å². The molecule has 2 N–H and O–H groups in total. The standard InChI is InChI=1S/C26H31F3N4O3/c1-26(28,29)16-32-11-8-17(9-12-32)15-36-19-5-7-22(31-14-19)18-4-6-20(21(27)13-18)25(35)33-10-2-3-23(33)24(30)34/h4-7,13-14,17,23H,2-3,8-12,15-16H2,1H3,(H2,30,34)/t23-/m0/s1. The summed E-state index contributed by atoms with van der Waals surface area (Å²) in [5.41, 5.74) is 6.28. The van der Waals surface area contributed by atoms with Gasteiger partial charge in [0.05, 0.1) is 30.6 Å². The van der Waals surface area contributed by atoms with Gasteiger partial charge in [-0.15, -0.1) is 0 Å². The highest BCUT2D eigenvalue weighted by Gasteiger charge is 2.34. The average molecular weight is 505 g/mol. The molecule has 2 aromatic rings. The van der Waals surface area contributed by atoms with Gasteiger partial charge in [-0.2, -0.15) is 0 Å². The first-order chi connectivity index (χ1) is 17.1. The maximum Gasteiger partial charge on any atom is 0.257 e. The molecular weight excluding hydrogens is 473 g/mol. The van der Waals surface area contributed by atoms with Crippen LogP contribution in [0.5, 0.6) is 5.75 Å². The number of amides is 2. The Balaban J connectivity index is 1.32. The second-order valence-electron chi connectivity index (χ2n) is 9.73. The van der Waals surface area contributed by atoms with Crippen molar-refractivity contribution < 1.29 is 27.5 Å². The molecule has 36 heavy (non-hydrogen) atoms. The Labute approximate surface area is 208 Å². The summed E-state index contributed by atoms with van der Waals surface area (Å²) < 4.78 is 47.0. The highest BCUT2D eigenvalue weighted by atomic mass is 19.3. The summed E-state index contributed by atoms with van der Waals surface area (Å²) in [5.74, 6) is -3.66. The van der Waals surface area contributed by atoms with E-state index in [0.717, 1.165) is 19.8 Å². The number of nitrogens with two attached hydrogens (primary N) is 1. The van der Waals surface area contributed by atoms with Gasteiger partial charge in [0.25, 0.3) is 11.8 Å². The molecule has 0 radical (unpaired) electrons. The number of likely N-dealkylation sites (tertiary alicyclic amines) is 2. The van der Waals surface area contributed by atoms with E-state index < -0.39 is 29.6 Å². The zero-order valence-corrected chi connectivity index (χ0v) is 20.3. The predicted octanol–water partition coefficient (Wildman–Crippen LogP) is 3.72. The van der Waals surface area contributed by atoms with Crippen LogP contribution >= 0.6 is 0 Å². The van der Waals surface area contributed by atoms with E-state index in [1.165, 1.54) is 17.0 Å². The lowest BCUT2D eigenvalue weighted by Crippen LogP contribution is -2.43. The van der Waals surface area contributed by atoms with Gasteiger partial charge in [-0.05, 0) is 69.0 Å². The SMILES string of the molecule is CC(F)(F)CN1CCC(COc2ccc(-c3ccc(C(=O)N4CCC[C@H]4C(N)=O)c(F)c3)nc2)CC1. The molecule has 7 nitrogen and oxygen atoms in total. The number of piperidine rings is 1. The number of benzene rings is 1. The summed E-state index contributed by atoms with van der Waals surface area (Å²) in [7, 11) is 0. The highest BCUT2D eigenvalue weighted by Crippen LogP contribution is 2.26. The van der Waals surface area contributed by atoms with E-state index in [4.69, 9.17) is 10.5 Å². The van der Waals surface area contributed by atoms with Crippen LogP contribution < -0.4 is 10.5 Å². The lowest BCUT2D eigenvalue weighted by atomic mass is 9.97. The number of alkyl halides is 2. The van der Waals surface area contributed by atoms with Crippen LogP contribution in [-0.4, -0.2) is 71.3 Å². The fourth-order valence-electron chi connectivity index (χ4n) is 4.86. The highest BCUT2D eigenvalue weighted by molar-refractivity contribution is 5.98. The number of nitrogens with zero attached hydrogens (tertiary/aromatic N) is 3. The number of carbonyl (C=O) groups is 2. The van der Waals surface area contributed by atoms with Gasteiger partial charge in [0.2, 0.25) is 5.91 Å². The van der Waals surface area contributed by atoms with E-state index in [1.807, 2.05) is 0 Å². The lowest BCUT2D eigenvalue weighted by Gasteiger charge is -2.33. The Morgan fingerprint density at radius 1 is 1.14 bits per heavy atom. The van der Waals surface area contributed by atoms with Crippen LogP contribution in [0.1, 0.15) is 43.0 Å². The molecule has 0 aliphatic carbocycles. The van der Waals surface area contributed by atoms with Crippen molar-refractivity contribution in [2.24, 2.45) is 11.7 Å². The normalized spacial score (nSPS) is 19.4. The molecule has 0 unspecified atom stereocenters. The first kappa shape index (κ1) is 25.9. The zero-order chi connectivity index (χ0) is 25.9. The third-order valence-electron chi connectivity index (χ3n) is 6.77. The summed E-state index contributed by atoms with van der Waals surface area (Å²) in [6.45, 7) is 2.82. The second kappa shape index (κ2) is 10.9. The first-order valence-electron chi connectivity index (χ1n) is 12.2. The molecule has 2 aliphatic rings. The van der Waals surface area contributed by atoms with Gasteiger partial charge in [0.1, 0.15) is 17.6 Å². The van der Waals surface area contributed by atoms with Crippen LogP contribution in [0.15, 0.2) is 36.5 Å². The van der Waals surface area contributed by atoms with Gasteiger partial charge in [-0.3, -0.25) is 19.5 Å². The van der Waals surface area contributed by atoms with Crippen molar-refractivity contribution in [3.63, 3.8) is 0 Å². The molecule has 1 aromatic carbocycles. The smallest absolute Gasteiger partial charge is 0.257 e. The zero-order valence-electron chi connectivity index (χ0n) is 20.3.